The van der Waals surface area contributed by atoms with Gasteiger partial charge in [-0.05, 0) is 42.8 Å². The minimum atomic E-state index is 0.0959. The Morgan fingerprint density at radius 2 is 1.64 bits per heavy atom. The number of aryl methyl sites for hydroxylation is 1. The molecule has 0 radical (unpaired) electrons. The Bertz CT molecular complexity index is 964. The molecule has 0 unspecified atom stereocenters. The van der Waals surface area contributed by atoms with Gasteiger partial charge in [0, 0.05) is 24.8 Å². The molecule has 0 saturated heterocycles. The number of aromatic nitrogens is 2. The SMILES string of the molecule is Cc1cc(N2Cc3ccccc3C2)nc(NC(=S)N[C@H](C)c2ccccc2)n1. The second-order valence-electron chi connectivity index (χ2n) is 7.05. The Morgan fingerprint density at radius 1 is 1.00 bits per heavy atom. The van der Waals surface area contributed by atoms with Crippen molar-refractivity contribution in [1.82, 2.24) is 15.3 Å². The van der Waals surface area contributed by atoms with Crippen molar-refractivity contribution >= 4 is 29.1 Å². The highest BCUT2D eigenvalue weighted by molar-refractivity contribution is 7.80. The van der Waals surface area contributed by atoms with Crippen molar-refractivity contribution in [2.24, 2.45) is 0 Å². The first kappa shape index (κ1) is 18.4. The molecule has 0 bridgehead atoms. The summed E-state index contributed by atoms with van der Waals surface area (Å²) in [5.41, 5.74) is 4.78. The van der Waals surface area contributed by atoms with E-state index < -0.39 is 0 Å². The molecule has 4 rings (SSSR count). The summed E-state index contributed by atoms with van der Waals surface area (Å²) in [4.78, 5) is 11.5. The zero-order valence-electron chi connectivity index (χ0n) is 16.0. The van der Waals surface area contributed by atoms with E-state index in [4.69, 9.17) is 17.2 Å². The highest BCUT2D eigenvalue weighted by Crippen LogP contribution is 2.27. The number of hydrogen-bond acceptors (Lipinski definition) is 4. The van der Waals surface area contributed by atoms with Gasteiger partial charge in [-0.3, -0.25) is 0 Å². The van der Waals surface area contributed by atoms with Gasteiger partial charge in [0.25, 0.3) is 0 Å². The first-order valence-electron chi connectivity index (χ1n) is 9.38. The third kappa shape index (κ3) is 4.12. The Hall–Kier alpha value is -2.99. The monoisotopic (exact) mass is 389 g/mol. The lowest BCUT2D eigenvalue weighted by Crippen LogP contribution is -2.31. The Kier molecular flexibility index (Phi) is 5.21. The number of nitrogens with zero attached hydrogens (tertiary/aromatic N) is 3. The molecular formula is C22H23N5S. The number of nitrogens with one attached hydrogen (secondary N) is 2. The van der Waals surface area contributed by atoms with Crippen LogP contribution in [0.2, 0.25) is 0 Å². The average molecular weight is 390 g/mol. The fourth-order valence-corrected chi connectivity index (χ4v) is 3.69. The van der Waals surface area contributed by atoms with Crippen LogP contribution in [0, 0.1) is 6.92 Å². The maximum Gasteiger partial charge on any atom is 0.231 e. The van der Waals surface area contributed by atoms with Crippen LogP contribution in [-0.4, -0.2) is 15.1 Å². The van der Waals surface area contributed by atoms with Gasteiger partial charge in [-0.1, -0.05) is 54.6 Å². The van der Waals surface area contributed by atoms with Crippen LogP contribution in [0.25, 0.3) is 0 Å². The highest BCUT2D eigenvalue weighted by atomic mass is 32.1. The van der Waals surface area contributed by atoms with Crippen LogP contribution < -0.4 is 15.5 Å². The smallest absolute Gasteiger partial charge is 0.231 e. The van der Waals surface area contributed by atoms with Crippen molar-refractivity contribution < 1.29 is 0 Å². The zero-order chi connectivity index (χ0) is 19.5. The van der Waals surface area contributed by atoms with Gasteiger partial charge in [-0.2, -0.15) is 4.98 Å². The molecule has 0 amide bonds. The number of hydrogen-bond donors (Lipinski definition) is 2. The molecule has 0 saturated carbocycles. The molecule has 0 fully saturated rings. The topological polar surface area (TPSA) is 53.1 Å². The van der Waals surface area contributed by atoms with Crippen LogP contribution >= 0.6 is 12.2 Å². The van der Waals surface area contributed by atoms with E-state index in [0.717, 1.165) is 24.6 Å². The third-order valence-corrected chi connectivity index (χ3v) is 5.10. The molecular weight excluding hydrogens is 366 g/mol. The summed E-state index contributed by atoms with van der Waals surface area (Å²) >= 11 is 5.47. The molecule has 3 aromatic rings. The molecule has 28 heavy (non-hydrogen) atoms. The predicted octanol–water partition coefficient (Wildman–Crippen LogP) is 4.35. The molecule has 1 atom stereocenters. The summed E-state index contributed by atoms with van der Waals surface area (Å²) < 4.78 is 0. The lowest BCUT2D eigenvalue weighted by atomic mass is 10.1. The van der Waals surface area contributed by atoms with Crippen LogP contribution in [0.3, 0.4) is 0 Å². The number of fused-ring (bicyclic) bond motifs is 1. The van der Waals surface area contributed by atoms with Crippen molar-refractivity contribution in [1.29, 1.82) is 0 Å². The van der Waals surface area contributed by atoms with E-state index in [2.05, 4.69) is 63.8 Å². The van der Waals surface area contributed by atoms with Gasteiger partial charge in [0.2, 0.25) is 5.95 Å². The fraction of sp³-hybridized carbons (Fsp3) is 0.227. The first-order valence-corrected chi connectivity index (χ1v) is 9.79. The lowest BCUT2D eigenvalue weighted by molar-refractivity contribution is 0.722. The summed E-state index contributed by atoms with van der Waals surface area (Å²) in [5, 5.41) is 6.95. The maximum atomic E-state index is 5.47. The molecule has 6 heteroatoms. The van der Waals surface area contributed by atoms with Crippen LogP contribution in [0.5, 0.6) is 0 Å². The normalized spacial score (nSPS) is 13.7. The summed E-state index contributed by atoms with van der Waals surface area (Å²) in [5.74, 6) is 1.42. The second kappa shape index (κ2) is 7.94. The maximum absolute atomic E-state index is 5.47. The van der Waals surface area contributed by atoms with Gasteiger partial charge in [0.05, 0.1) is 6.04 Å². The molecule has 2 aromatic carbocycles. The molecule has 2 N–H and O–H groups in total. The highest BCUT2D eigenvalue weighted by Gasteiger charge is 2.20. The van der Waals surface area contributed by atoms with Crippen molar-refractivity contribution in [2.45, 2.75) is 33.0 Å². The molecule has 2 heterocycles. The van der Waals surface area contributed by atoms with Gasteiger partial charge in [-0.15, -0.1) is 0 Å². The fourth-order valence-electron chi connectivity index (χ4n) is 3.42. The predicted molar refractivity (Wildman–Crippen MR) is 117 cm³/mol. The van der Waals surface area contributed by atoms with Gasteiger partial charge in [0.15, 0.2) is 5.11 Å². The van der Waals surface area contributed by atoms with Crippen molar-refractivity contribution in [3.8, 4) is 0 Å². The zero-order valence-corrected chi connectivity index (χ0v) is 16.8. The number of thiocarbonyl (C=S) groups is 1. The van der Waals surface area contributed by atoms with E-state index in [1.807, 2.05) is 31.2 Å². The molecule has 0 aliphatic carbocycles. The molecule has 0 spiro atoms. The van der Waals surface area contributed by atoms with Gasteiger partial charge in [-0.25, -0.2) is 4.98 Å². The number of rotatable bonds is 4. The molecule has 142 valence electrons. The van der Waals surface area contributed by atoms with Gasteiger partial charge < -0.3 is 15.5 Å². The van der Waals surface area contributed by atoms with E-state index in [1.54, 1.807) is 0 Å². The Balaban J connectivity index is 1.45. The molecule has 5 nitrogen and oxygen atoms in total. The molecule has 1 aliphatic rings. The van der Waals surface area contributed by atoms with E-state index in [0.29, 0.717) is 11.1 Å². The minimum Gasteiger partial charge on any atom is -0.356 e. The van der Waals surface area contributed by atoms with Crippen LogP contribution in [0.4, 0.5) is 11.8 Å². The number of benzene rings is 2. The van der Waals surface area contributed by atoms with Gasteiger partial charge >= 0.3 is 0 Å². The van der Waals surface area contributed by atoms with E-state index in [-0.39, 0.29) is 6.04 Å². The summed E-state index contributed by atoms with van der Waals surface area (Å²) in [6, 6.07) is 20.8. The third-order valence-electron chi connectivity index (χ3n) is 4.88. The van der Waals surface area contributed by atoms with Crippen LogP contribution in [-0.2, 0) is 13.1 Å². The first-order chi connectivity index (χ1) is 13.6. The van der Waals surface area contributed by atoms with E-state index >= 15 is 0 Å². The Labute approximate surface area is 170 Å². The molecule has 1 aromatic heterocycles. The summed E-state index contributed by atoms with van der Waals surface area (Å²) in [6.07, 6.45) is 0. The van der Waals surface area contributed by atoms with Crippen molar-refractivity contribution in [3.63, 3.8) is 0 Å². The summed E-state index contributed by atoms with van der Waals surface area (Å²) in [7, 11) is 0. The Morgan fingerprint density at radius 3 is 2.32 bits per heavy atom. The average Bonchev–Trinajstić information content (AvgIpc) is 3.12. The van der Waals surface area contributed by atoms with Gasteiger partial charge in [0.1, 0.15) is 5.82 Å². The number of anilines is 2. The van der Waals surface area contributed by atoms with Crippen molar-refractivity contribution in [3.05, 3.63) is 83.0 Å². The lowest BCUT2D eigenvalue weighted by Gasteiger charge is -2.19. The standard InChI is InChI=1S/C22H23N5S/c1-15-12-20(27-13-18-10-6-7-11-19(18)14-27)25-21(23-15)26-22(28)24-16(2)17-8-4-3-5-9-17/h3-12,16H,13-14H2,1-2H3,(H2,23,24,25,26,28)/t16-/m1/s1. The second-order valence-corrected chi connectivity index (χ2v) is 7.45. The van der Waals surface area contributed by atoms with Crippen LogP contribution in [0.1, 0.15) is 35.3 Å². The summed E-state index contributed by atoms with van der Waals surface area (Å²) in [6.45, 7) is 5.77. The van der Waals surface area contributed by atoms with E-state index in [1.165, 1.54) is 16.7 Å². The van der Waals surface area contributed by atoms with E-state index in [9.17, 15) is 0 Å². The quantitative estimate of drug-likeness (QED) is 0.647. The van der Waals surface area contributed by atoms with Crippen molar-refractivity contribution in [2.75, 3.05) is 10.2 Å². The van der Waals surface area contributed by atoms with Crippen LogP contribution in [0.15, 0.2) is 60.7 Å². The largest absolute Gasteiger partial charge is 0.356 e. The minimum absolute atomic E-state index is 0.0959. The molecule has 1 aliphatic heterocycles.